The van der Waals surface area contributed by atoms with Crippen LogP contribution in [-0.2, 0) is 6.54 Å². The Morgan fingerprint density at radius 1 is 1.16 bits per heavy atom. The highest BCUT2D eigenvalue weighted by Crippen LogP contribution is 2.13. The first-order valence-electron chi connectivity index (χ1n) is 5.82. The van der Waals surface area contributed by atoms with E-state index in [0.717, 1.165) is 16.7 Å². The van der Waals surface area contributed by atoms with Crippen LogP contribution in [0.25, 0.3) is 11.0 Å². The highest BCUT2D eigenvalue weighted by Gasteiger charge is 2.05. The van der Waals surface area contributed by atoms with Crippen LogP contribution in [0.2, 0.25) is 0 Å². The van der Waals surface area contributed by atoms with E-state index in [2.05, 4.69) is 9.97 Å². The number of carboxylic acids is 1. The molecule has 0 aliphatic carbocycles. The number of hydrogen-bond donors (Lipinski definition) is 1. The van der Waals surface area contributed by atoms with Gasteiger partial charge in [-0.1, -0.05) is 12.1 Å². The van der Waals surface area contributed by atoms with Gasteiger partial charge in [0, 0.05) is 6.20 Å². The molecule has 0 aliphatic rings. The molecular formula is C14H11N3O2. The van der Waals surface area contributed by atoms with E-state index in [-0.39, 0.29) is 5.56 Å². The van der Waals surface area contributed by atoms with E-state index in [4.69, 9.17) is 5.11 Å². The lowest BCUT2D eigenvalue weighted by Gasteiger charge is -2.04. The average Bonchev–Trinajstić information content (AvgIpc) is 2.83. The zero-order chi connectivity index (χ0) is 13.2. The van der Waals surface area contributed by atoms with Crippen molar-refractivity contribution < 1.29 is 9.90 Å². The first-order valence-corrected chi connectivity index (χ1v) is 5.82. The summed E-state index contributed by atoms with van der Waals surface area (Å²) < 4.78 is 1.98. The topological polar surface area (TPSA) is 68.0 Å². The Morgan fingerprint density at radius 2 is 2.00 bits per heavy atom. The molecular weight excluding hydrogens is 242 g/mol. The number of carbonyl (C=O) groups is 1. The zero-order valence-corrected chi connectivity index (χ0v) is 10.0. The molecule has 3 rings (SSSR count). The molecule has 0 atom stereocenters. The standard InChI is InChI=1S/C14H11N3O2/c18-14(19)10-5-6-11(15-7-10)8-17-9-16-12-3-1-2-4-13(12)17/h1-7,9H,8H2,(H,18,19). The molecule has 2 aromatic heterocycles. The minimum atomic E-state index is -0.966. The molecule has 0 radical (unpaired) electrons. The van der Waals surface area contributed by atoms with Gasteiger partial charge in [0.2, 0.25) is 0 Å². The molecule has 0 aliphatic heterocycles. The van der Waals surface area contributed by atoms with E-state index in [1.165, 1.54) is 6.20 Å². The van der Waals surface area contributed by atoms with Gasteiger partial charge in [0.15, 0.2) is 0 Å². The number of aromatic nitrogens is 3. The third-order valence-corrected chi connectivity index (χ3v) is 2.93. The van der Waals surface area contributed by atoms with Gasteiger partial charge < -0.3 is 9.67 Å². The summed E-state index contributed by atoms with van der Waals surface area (Å²) in [5, 5.41) is 8.82. The number of pyridine rings is 1. The second-order valence-electron chi connectivity index (χ2n) is 4.20. The van der Waals surface area contributed by atoms with Gasteiger partial charge in [-0.15, -0.1) is 0 Å². The Labute approximate surface area is 109 Å². The molecule has 3 aromatic rings. The summed E-state index contributed by atoms with van der Waals surface area (Å²) in [6, 6.07) is 11.1. The summed E-state index contributed by atoms with van der Waals surface area (Å²) in [4.78, 5) is 19.2. The minimum Gasteiger partial charge on any atom is -0.478 e. The molecule has 0 unspecified atom stereocenters. The second kappa shape index (κ2) is 4.53. The lowest BCUT2D eigenvalue weighted by Crippen LogP contribution is -2.02. The molecule has 0 saturated carbocycles. The SMILES string of the molecule is O=C(O)c1ccc(Cn2cnc3ccccc32)nc1. The molecule has 5 nitrogen and oxygen atoms in total. The highest BCUT2D eigenvalue weighted by atomic mass is 16.4. The Morgan fingerprint density at radius 3 is 2.74 bits per heavy atom. The molecule has 94 valence electrons. The summed E-state index contributed by atoms with van der Waals surface area (Å²) in [7, 11) is 0. The number of fused-ring (bicyclic) bond motifs is 1. The maximum absolute atomic E-state index is 10.7. The van der Waals surface area contributed by atoms with Crippen molar-refractivity contribution >= 4 is 17.0 Å². The maximum atomic E-state index is 10.7. The lowest BCUT2D eigenvalue weighted by atomic mass is 10.2. The van der Waals surface area contributed by atoms with Gasteiger partial charge in [-0.2, -0.15) is 0 Å². The van der Waals surface area contributed by atoms with Gasteiger partial charge in [-0.25, -0.2) is 9.78 Å². The summed E-state index contributed by atoms with van der Waals surface area (Å²) >= 11 is 0. The Kier molecular flexibility index (Phi) is 2.72. The normalized spacial score (nSPS) is 10.7. The quantitative estimate of drug-likeness (QED) is 0.776. The van der Waals surface area contributed by atoms with Crippen molar-refractivity contribution in [3.05, 3.63) is 60.2 Å². The van der Waals surface area contributed by atoms with Crippen molar-refractivity contribution in [2.24, 2.45) is 0 Å². The Bertz CT molecular complexity index is 732. The molecule has 0 saturated heterocycles. The third kappa shape index (κ3) is 2.18. The van der Waals surface area contributed by atoms with Crippen LogP contribution in [0.4, 0.5) is 0 Å². The van der Waals surface area contributed by atoms with Crippen LogP contribution in [0.5, 0.6) is 0 Å². The van der Waals surface area contributed by atoms with Crippen LogP contribution < -0.4 is 0 Å². The monoisotopic (exact) mass is 253 g/mol. The van der Waals surface area contributed by atoms with Crippen LogP contribution in [-0.4, -0.2) is 25.6 Å². The first-order chi connectivity index (χ1) is 9.24. The van der Waals surface area contributed by atoms with Gasteiger partial charge in [0.25, 0.3) is 0 Å². The number of imidazole rings is 1. The predicted molar refractivity (Wildman–Crippen MR) is 70.0 cm³/mol. The van der Waals surface area contributed by atoms with Crippen LogP contribution >= 0.6 is 0 Å². The number of benzene rings is 1. The van der Waals surface area contributed by atoms with Crippen LogP contribution in [0.1, 0.15) is 16.1 Å². The molecule has 5 heteroatoms. The van der Waals surface area contributed by atoms with Crippen molar-refractivity contribution in [1.29, 1.82) is 0 Å². The molecule has 0 bridgehead atoms. The number of aromatic carboxylic acids is 1. The van der Waals surface area contributed by atoms with Crippen molar-refractivity contribution in [3.63, 3.8) is 0 Å². The first kappa shape index (κ1) is 11.4. The van der Waals surface area contributed by atoms with E-state index in [1.54, 1.807) is 18.5 Å². The fourth-order valence-electron chi connectivity index (χ4n) is 1.96. The zero-order valence-electron chi connectivity index (χ0n) is 10.0. The van der Waals surface area contributed by atoms with Gasteiger partial charge in [-0.3, -0.25) is 4.98 Å². The largest absolute Gasteiger partial charge is 0.478 e. The summed E-state index contributed by atoms with van der Waals surface area (Å²) in [5.74, 6) is -0.966. The van der Waals surface area contributed by atoms with Gasteiger partial charge in [-0.05, 0) is 24.3 Å². The predicted octanol–water partition coefficient (Wildman–Crippen LogP) is 2.18. The van der Waals surface area contributed by atoms with Gasteiger partial charge in [0.05, 0.1) is 35.2 Å². The van der Waals surface area contributed by atoms with Gasteiger partial charge in [0.1, 0.15) is 0 Å². The average molecular weight is 253 g/mol. The van der Waals surface area contributed by atoms with Crippen molar-refractivity contribution in [2.45, 2.75) is 6.54 Å². The van der Waals surface area contributed by atoms with E-state index in [0.29, 0.717) is 6.54 Å². The Hall–Kier alpha value is -2.69. The smallest absolute Gasteiger partial charge is 0.337 e. The summed E-state index contributed by atoms with van der Waals surface area (Å²) in [6.45, 7) is 0.570. The number of carboxylic acid groups (broad SMARTS) is 1. The molecule has 19 heavy (non-hydrogen) atoms. The van der Waals surface area contributed by atoms with Crippen LogP contribution in [0.3, 0.4) is 0 Å². The van der Waals surface area contributed by atoms with E-state index in [9.17, 15) is 4.79 Å². The number of rotatable bonds is 3. The lowest BCUT2D eigenvalue weighted by molar-refractivity contribution is 0.0696. The third-order valence-electron chi connectivity index (χ3n) is 2.93. The van der Waals surface area contributed by atoms with E-state index >= 15 is 0 Å². The summed E-state index contributed by atoms with van der Waals surface area (Å²) in [6.07, 6.45) is 3.13. The number of hydrogen-bond acceptors (Lipinski definition) is 3. The van der Waals surface area contributed by atoms with Crippen molar-refractivity contribution in [3.8, 4) is 0 Å². The van der Waals surface area contributed by atoms with Crippen LogP contribution in [0, 0.1) is 0 Å². The van der Waals surface area contributed by atoms with Crippen molar-refractivity contribution in [2.75, 3.05) is 0 Å². The number of nitrogens with zero attached hydrogens (tertiary/aromatic N) is 3. The fraction of sp³-hybridized carbons (Fsp3) is 0.0714. The van der Waals surface area contributed by atoms with Crippen LogP contribution in [0.15, 0.2) is 48.9 Å². The number of para-hydroxylation sites is 2. The van der Waals surface area contributed by atoms with Crippen molar-refractivity contribution in [1.82, 2.24) is 14.5 Å². The molecule has 2 heterocycles. The fourth-order valence-corrected chi connectivity index (χ4v) is 1.96. The molecule has 0 spiro atoms. The Balaban J connectivity index is 1.90. The molecule has 0 fully saturated rings. The van der Waals surface area contributed by atoms with E-state index < -0.39 is 5.97 Å². The molecule has 1 N–H and O–H groups in total. The maximum Gasteiger partial charge on any atom is 0.337 e. The highest BCUT2D eigenvalue weighted by molar-refractivity contribution is 5.87. The van der Waals surface area contributed by atoms with Gasteiger partial charge >= 0.3 is 5.97 Å². The second-order valence-corrected chi connectivity index (χ2v) is 4.20. The van der Waals surface area contributed by atoms with E-state index in [1.807, 2.05) is 28.8 Å². The molecule has 0 amide bonds. The summed E-state index contributed by atoms with van der Waals surface area (Å²) in [5.41, 5.74) is 2.96. The minimum absolute atomic E-state index is 0.194. The molecule has 1 aromatic carbocycles.